The third-order valence-electron chi connectivity index (χ3n) is 17.6. The van der Waals surface area contributed by atoms with E-state index in [2.05, 4.69) is 12.2 Å². The number of carbonyl (C=O) groups excluding carboxylic acids is 6. The number of nitrogens with zero attached hydrogens (tertiary/aromatic N) is 2. The minimum Gasteiger partial charge on any atom is -0.507 e. The van der Waals surface area contributed by atoms with Gasteiger partial charge in [0.1, 0.15) is 36.1 Å². The minimum absolute atomic E-state index is 0.0146. The Bertz CT molecular complexity index is 3650. The Kier molecular flexibility index (Phi) is 23.9. The first-order chi connectivity index (χ1) is 44.9. The van der Waals surface area contributed by atoms with Gasteiger partial charge in [-0.1, -0.05) is 140 Å². The van der Waals surface area contributed by atoms with Crippen molar-refractivity contribution in [3.05, 3.63) is 161 Å². The van der Waals surface area contributed by atoms with Crippen molar-refractivity contribution in [2.45, 2.75) is 156 Å². The van der Waals surface area contributed by atoms with E-state index in [9.17, 15) is 49.5 Å². The SMILES string of the molecule is CCCCCCCCN(/N=C/c1c2c(O)c3c(O)c(C)c4c(c3c1O)C(=O)C(C)(O/C=C/C(OC)C(C)C(OC(C)=O)C(C)C(O)C(C)C(O)C(C)/C=C/C=C(\C)C(=O)N2)O4)C1OC(COC(=O)c2ccccc2)C(OC(=O)c2ccccc2)C1OC(=O)c1ccccc1. The number of Topliss-reactive ketones (excluding diaryl/α,β-unsaturated/α-hetero) is 1. The van der Waals surface area contributed by atoms with E-state index in [0.717, 1.165) is 38.2 Å². The summed E-state index contributed by atoms with van der Waals surface area (Å²) in [4.78, 5) is 84.5. The van der Waals surface area contributed by atoms with Gasteiger partial charge in [0.15, 0.2) is 24.2 Å². The predicted molar refractivity (Wildman–Crippen MR) is 348 cm³/mol. The zero-order chi connectivity index (χ0) is 68.1. The molecule has 0 aromatic heterocycles. The molecule has 4 heterocycles. The number of rotatable bonds is 19. The van der Waals surface area contributed by atoms with E-state index in [1.165, 1.54) is 82.3 Å². The van der Waals surface area contributed by atoms with Crippen molar-refractivity contribution in [1.82, 2.24) is 5.01 Å². The van der Waals surface area contributed by atoms with Gasteiger partial charge in [0.2, 0.25) is 0 Å². The maximum absolute atomic E-state index is 15.2. The Morgan fingerprint density at radius 3 is 1.88 bits per heavy atom. The fourth-order valence-electron chi connectivity index (χ4n) is 12.0. The molecule has 0 saturated carbocycles. The summed E-state index contributed by atoms with van der Waals surface area (Å²) in [5.74, 6) is -12.4. The summed E-state index contributed by atoms with van der Waals surface area (Å²) in [5, 5.41) is 69.3. The average Bonchev–Trinajstić information content (AvgIpc) is 1.46. The number of methoxy groups -OCH3 is 1. The normalized spacial score (nSPS) is 27.0. The van der Waals surface area contributed by atoms with Crippen LogP contribution in [0.1, 0.15) is 146 Å². The van der Waals surface area contributed by atoms with E-state index in [1.54, 1.807) is 101 Å². The summed E-state index contributed by atoms with van der Waals surface area (Å²) < 4.78 is 49.3. The van der Waals surface area contributed by atoms with Crippen molar-refractivity contribution in [2.24, 2.45) is 28.8 Å². The number of ketones is 1. The molecule has 4 aliphatic rings. The highest BCUT2D eigenvalue weighted by Gasteiger charge is 2.54. The monoisotopic (exact) mass is 1300 g/mol. The van der Waals surface area contributed by atoms with Crippen LogP contribution in [-0.2, 0) is 42.7 Å². The zero-order valence-electron chi connectivity index (χ0n) is 54.6. The van der Waals surface area contributed by atoms with Crippen LogP contribution in [0.3, 0.4) is 0 Å². The van der Waals surface area contributed by atoms with Crippen LogP contribution < -0.4 is 10.1 Å². The van der Waals surface area contributed by atoms with E-state index in [0.29, 0.717) is 12.8 Å². The number of unbranched alkanes of at least 4 members (excludes halogenated alkanes) is 5. The third kappa shape index (κ3) is 15.9. The highest BCUT2D eigenvalue weighted by molar-refractivity contribution is 6.24. The lowest BCUT2D eigenvalue weighted by Crippen LogP contribution is -2.46. The topological polar surface area (TPSA) is 305 Å². The molecule has 5 aromatic rings. The number of esters is 4. The number of hydrogen-bond donors (Lipinski definition) is 6. The molecule has 9 rings (SSSR count). The molecule has 22 nitrogen and oxygen atoms in total. The number of aromatic hydroxyl groups is 3. The molecular formula is C72H85N3O19. The first-order valence-electron chi connectivity index (χ1n) is 31.7. The van der Waals surface area contributed by atoms with Gasteiger partial charge < -0.3 is 68.7 Å². The fraction of sp³-hybridized carbons (Fsp3) is 0.431. The number of benzene rings is 5. The van der Waals surface area contributed by atoms with Gasteiger partial charge in [0, 0.05) is 67.7 Å². The fourth-order valence-corrected chi connectivity index (χ4v) is 12.0. The number of anilines is 1. The van der Waals surface area contributed by atoms with Gasteiger partial charge in [0.05, 0.1) is 69.7 Å². The number of nitrogens with one attached hydrogen (secondary N) is 1. The van der Waals surface area contributed by atoms with E-state index in [1.807, 2.05) is 0 Å². The molecule has 502 valence electrons. The Morgan fingerprint density at radius 2 is 1.29 bits per heavy atom. The summed E-state index contributed by atoms with van der Waals surface area (Å²) in [7, 11) is 1.40. The van der Waals surface area contributed by atoms with Gasteiger partial charge in [-0.25, -0.2) is 14.4 Å². The molecule has 13 atom stereocenters. The van der Waals surface area contributed by atoms with Crippen molar-refractivity contribution in [3.8, 4) is 23.0 Å². The van der Waals surface area contributed by atoms with Gasteiger partial charge in [-0.15, -0.1) is 0 Å². The molecule has 22 heteroatoms. The Morgan fingerprint density at radius 1 is 0.702 bits per heavy atom. The second kappa shape index (κ2) is 31.7. The van der Waals surface area contributed by atoms with E-state index in [-0.39, 0.29) is 45.7 Å². The van der Waals surface area contributed by atoms with Crippen LogP contribution in [0.25, 0.3) is 10.8 Å². The average molecular weight is 1300 g/mol. The number of phenolic OH excluding ortho intramolecular Hbond substituents is 3. The van der Waals surface area contributed by atoms with E-state index >= 15 is 4.79 Å². The quantitative estimate of drug-likeness (QED) is 0.00851. The lowest BCUT2D eigenvalue weighted by Gasteiger charge is -2.38. The summed E-state index contributed by atoms with van der Waals surface area (Å²) in [6.45, 7) is 13.7. The van der Waals surface area contributed by atoms with E-state index < -0.39 is 160 Å². The van der Waals surface area contributed by atoms with Crippen molar-refractivity contribution < 1.29 is 92.2 Å². The second-order valence-corrected chi connectivity index (χ2v) is 24.3. The Hall–Kier alpha value is -9.09. The summed E-state index contributed by atoms with van der Waals surface area (Å²) >= 11 is 0. The Balaban J connectivity index is 1.31. The molecular weight excluding hydrogens is 1210 g/mol. The van der Waals surface area contributed by atoms with Crippen LogP contribution in [0.2, 0.25) is 0 Å². The number of ether oxygens (including phenoxy) is 8. The molecule has 1 fully saturated rings. The van der Waals surface area contributed by atoms with Crippen molar-refractivity contribution in [3.63, 3.8) is 0 Å². The number of phenols is 3. The molecule has 13 unspecified atom stereocenters. The predicted octanol–water partition coefficient (Wildman–Crippen LogP) is 10.8. The molecule has 0 spiro atoms. The van der Waals surface area contributed by atoms with Crippen LogP contribution in [-0.4, -0.2) is 147 Å². The van der Waals surface area contributed by atoms with Gasteiger partial charge in [-0.05, 0) is 62.7 Å². The second-order valence-electron chi connectivity index (χ2n) is 24.3. The maximum atomic E-state index is 15.2. The molecule has 5 bridgehead atoms. The number of hydrazone groups is 1. The molecule has 5 aromatic carbocycles. The first-order valence-corrected chi connectivity index (χ1v) is 31.7. The van der Waals surface area contributed by atoms with Crippen molar-refractivity contribution in [1.29, 1.82) is 0 Å². The van der Waals surface area contributed by atoms with Crippen molar-refractivity contribution >= 4 is 58.2 Å². The number of hydrogen-bond acceptors (Lipinski definition) is 21. The van der Waals surface area contributed by atoms with Crippen LogP contribution in [0, 0.1) is 30.6 Å². The van der Waals surface area contributed by atoms with Gasteiger partial charge >= 0.3 is 29.7 Å². The van der Waals surface area contributed by atoms with Gasteiger partial charge in [-0.3, -0.25) is 19.4 Å². The highest BCUT2D eigenvalue weighted by atomic mass is 16.7. The molecule has 6 N–H and O–H groups in total. The van der Waals surface area contributed by atoms with Crippen molar-refractivity contribution in [2.75, 3.05) is 25.6 Å². The number of aliphatic hydroxyl groups excluding tert-OH is 2. The van der Waals surface area contributed by atoms with E-state index in [4.69, 9.17) is 43.0 Å². The Labute approximate surface area is 546 Å². The number of fused-ring (bicyclic) bond motifs is 14. The molecule has 1 amide bonds. The third-order valence-corrected chi connectivity index (χ3v) is 17.6. The lowest BCUT2D eigenvalue weighted by atomic mass is 9.78. The largest absolute Gasteiger partial charge is 0.507 e. The standard InChI is InChI=1S/C72H85N3O19/c1-11-12-13-14-15-25-36-75(68-65(93-71(86)49-33-23-18-24-34-49)64(92-70(85)48-31-21-17-22-32-48)52(91-68)39-88-69(84)47-29-19-16-20-30-47)73-38-50-56-61(81)54-53(60(50)80)55-63(45(7)59(54)79)94-72(9,66(55)82)89-37-35-51(87-10)42(4)62(90-46(8)76)44(6)58(78)43(5)57(77)40(2)27-26-28-41(3)67(83)74-56/h16-24,26-35,37-38,40,42-44,51-52,57-58,62,64-65,68,77-81H,11-15,25,36,39H2,1-10H3,(H,74,83)/b27-26+,37-35+,41-28+,73-38+. The first kappa shape index (κ1) is 70.8. The number of allylic oxidation sites excluding steroid dienone is 2. The van der Waals surface area contributed by atoms with Gasteiger partial charge in [-0.2, -0.15) is 5.10 Å². The van der Waals surface area contributed by atoms with Gasteiger partial charge in [0.25, 0.3) is 11.7 Å². The highest BCUT2D eigenvalue weighted by Crippen LogP contribution is 2.55. The minimum atomic E-state index is -2.23. The van der Waals surface area contributed by atoms with Crippen LogP contribution in [0.15, 0.2) is 132 Å². The zero-order valence-corrected chi connectivity index (χ0v) is 54.6. The molecule has 0 aliphatic carbocycles. The van der Waals surface area contributed by atoms with Crippen LogP contribution in [0.4, 0.5) is 5.69 Å². The number of amides is 1. The van der Waals surface area contributed by atoms with Crippen LogP contribution >= 0.6 is 0 Å². The summed E-state index contributed by atoms with van der Waals surface area (Å²) in [6, 6.07) is 24.2. The smallest absolute Gasteiger partial charge is 0.338 e. The molecule has 0 radical (unpaired) electrons. The molecule has 94 heavy (non-hydrogen) atoms. The van der Waals surface area contributed by atoms with Crippen LogP contribution in [0.5, 0.6) is 23.0 Å². The molecule has 4 aliphatic heterocycles. The molecule has 1 saturated heterocycles. The lowest BCUT2D eigenvalue weighted by molar-refractivity contribution is -0.160. The summed E-state index contributed by atoms with van der Waals surface area (Å²) in [6.07, 6.45) is 2.83. The maximum Gasteiger partial charge on any atom is 0.338 e. The summed E-state index contributed by atoms with van der Waals surface area (Å²) in [5.41, 5.74) is -0.837. The number of carbonyl (C=O) groups is 6. The number of aliphatic hydroxyl groups is 2.